The molecule has 0 aliphatic rings. The Hall–Kier alpha value is -2.22. The van der Waals surface area contributed by atoms with Crippen LogP contribution in [0.2, 0.25) is 0 Å². The minimum Gasteiger partial charge on any atom is -0.466 e. The zero-order valence-corrected chi connectivity index (χ0v) is 14.0. The molecule has 0 saturated carbocycles. The van der Waals surface area contributed by atoms with Gasteiger partial charge in [-0.3, -0.25) is 19.7 Å². The Morgan fingerprint density at radius 3 is 2.65 bits per heavy atom. The highest BCUT2D eigenvalue weighted by atomic mass is 32.1. The molecule has 8 heteroatoms. The van der Waals surface area contributed by atoms with Crippen molar-refractivity contribution >= 4 is 34.3 Å². The van der Waals surface area contributed by atoms with Gasteiger partial charge in [0.1, 0.15) is 0 Å². The first-order chi connectivity index (χ1) is 11.0. The molecule has 7 nitrogen and oxygen atoms in total. The number of amides is 1. The van der Waals surface area contributed by atoms with Crippen LogP contribution in [0.1, 0.15) is 31.6 Å². The summed E-state index contributed by atoms with van der Waals surface area (Å²) in [5, 5.41) is 10.7. The third-order valence-electron chi connectivity index (χ3n) is 2.88. The quantitative estimate of drug-likeness (QED) is 0.298. The fraction of sp³-hybridized carbons (Fsp3) is 0.467. The second-order valence-corrected chi connectivity index (χ2v) is 5.74. The van der Waals surface area contributed by atoms with Crippen molar-refractivity contribution in [1.29, 1.82) is 0 Å². The van der Waals surface area contributed by atoms with Crippen LogP contribution in [0, 0.1) is 10.1 Å². The van der Waals surface area contributed by atoms with Gasteiger partial charge in [-0.15, -0.1) is 0 Å². The Morgan fingerprint density at radius 1 is 1.35 bits per heavy atom. The zero-order chi connectivity index (χ0) is 17.2. The first-order valence-corrected chi connectivity index (χ1v) is 8.16. The lowest BCUT2D eigenvalue weighted by atomic mass is 10.3. The second-order valence-electron chi connectivity index (χ2n) is 4.65. The number of esters is 1. The maximum Gasteiger partial charge on any atom is 0.324 e. The molecule has 0 aliphatic heterocycles. The van der Waals surface area contributed by atoms with Gasteiger partial charge in [-0.05, 0) is 25.5 Å². The lowest BCUT2D eigenvalue weighted by molar-refractivity contribution is -0.380. The van der Waals surface area contributed by atoms with E-state index >= 15 is 0 Å². The molecule has 1 rings (SSSR count). The van der Waals surface area contributed by atoms with Crippen molar-refractivity contribution < 1.29 is 19.2 Å². The molecule has 1 heterocycles. The van der Waals surface area contributed by atoms with Gasteiger partial charge in [-0.2, -0.15) is 0 Å². The van der Waals surface area contributed by atoms with Crippen molar-refractivity contribution in [2.75, 3.05) is 19.7 Å². The van der Waals surface area contributed by atoms with Gasteiger partial charge in [0.15, 0.2) is 0 Å². The highest BCUT2D eigenvalue weighted by Crippen LogP contribution is 2.24. The molecule has 0 atom stereocenters. The summed E-state index contributed by atoms with van der Waals surface area (Å²) in [6.45, 7) is 4.82. The average molecular weight is 340 g/mol. The average Bonchev–Trinajstić information content (AvgIpc) is 2.98. The van der Waals surface area contributed by atoms with E-state index in [0.717, 1.165) is 17.8 Å². The Kier molecular flexibility index (Phi) is 7.96. The molecule has 0 aromatic carbocycles. The van der Waals surface area contributed by atoms with Crippen molar-refractivity contribution in [2.45, 2.75) is 26.7 Å². The summed E-state index contributed by atoms with van der Waals surface area (Å²) in [4.78, 5) is 35.9. The topological polar surface area (TPSA) is 89.8 Å². The van der Waals surface area contributed by atoms with Gasteiger partial charge in [0.25, 0.3) is 0 Å². The number of nitro groups is 1. The predicted octanol–water partition coefficient (Wildman–Crippen LogP) is 2.86. The molecule has 1 aromatic heterocycles. The van der Waals surface area contributed by atoms with Crippen LogP contribution in [0.25, 0.3) is 6.08 Å². The van der Waals surface area contributed by atoms with Gasteiger partial charge >= 0.3 is 11.0 Å². The molecule has 23 heavy (non-hydrogen) atoms. The first-order valence-electron chi connectivity index (χ1n) is 7.34. The Labute approximate surface area is 138 Å². The van der Waals surface area contributed by atoms with Crippen molar-refractivity contribution in [3.63, 3.8) is 0 Å². The van der Waals surface area contributed by atoms with E-state index in [4.69, 9.17) is 4.74 Å². The van der Waals surface area contributed by atoms with E-state index in [0.29, 0.717) is 24.6 Å². The largest absolute Gasteiger partial charge is 0.466 e. The molecule has 126 valence electrons. The molecule has 0 saturated heterocycles. The first kappa shape index (κ1) is 18.8. The van der Waals surface area contributed by atoms with E-state index in [2.05, 4.69) is 0 Å². The van der Waals surface area contributed by atoms with Crippen molar-refractivity contribution in [3.05, 3.63) is 33.2 Å². The van der Waals surface area contributed by atoms with E-state index in [9.17, 15) is 19.7 Å². The molecule has 0 aliphatic carbocycles. The highest BCUT2D eigenvalue weighted by Gasteiger charge is 2.13. The molecule has 0 N–H and O–H groups in total. The number of carbonyl (C=O) groups excluding carboxylic acids is 2. The van der Waals surface area contributed by atoms with Crippen LogP contribution in [0.15, 0.2) is 18.2 Å². The van der Waals surface area contributed by atoms with Crippen LogP contribution < -0.4 is 0 Å². The number of ether oxygens (including phenoxy) is 1. The molecule has 1 amide bonds. The van der Waals surface area contributed by atoms with Crippen LogP contribution in [-0.2, 0) is 14.3 Å². The van der Waals surface area contributed by atoms with Crippen LogP contribution in [0.4, 0.5) is 5.00 Å². The number of carbonyl (C=O) groups is 2. The lowest BCUT2D eigenvalue weighted by Crippen LogP contribution is -2.32. The van der Waals surface area contributed by atoms with Crippen molar-refractivity contribution in [2.24, 2.45) is 0 Å². The van der Waals surface area contributed by atoms with E-state index in [1.165, 1.54) is 12.1 Å². The minimum absolute atomic E-state index is 0.0322. The van der Waals surface area contributed by atoms with Gasteiger partial charge in [-0.25, -0.2) is 0 Å². The maximum atomic E-state index is 12.2. The van der Waals surface area contributed by atoms with E-state index in [1.807, 2.05) is 6.92 Å². The van der Waals surface area contributed by atoms with Gasteiger partial charge in [0.05, 0.1) is 18.0 Å². The fourth-order valence-corrected chi connectivity index (χ4v) is 2.57. The summed E-state index contributed by atoms with van der Waals surface area (Å²) in [5.41, 5.74) is 0. The summed E-state index contributed by atoms with van der Waals surface area (Å²) in [6, 6.07) is 2.99. The van der Waals surface area contributed by atoms with Crippen molar-refractivity contribution in [1.82, 2.24) is 4.90 Å². The fourth-order valence-electron chi connectivity index (χ4n) is 1.85. The summed E-state index contributed by atoms with van der Waals surface area (Å²) in [6.07, 6.45) is 3.84. The Morgan fingerprint density at radius 2 is 2.09 bits per heavy atom. The Bertz CT molecular complexity index is 582. The number of hydrogen-bond acceptors (Lipinski definition) is 6. The van der Waals surface area contributed by atoms with Crippen LogP contribution in [-0.4, -0.2) is 41.4 Å². The van der Waals surface area contributed by atoms with Gasteiger partial charge in [0, 0.05) is 30.1 Å². The second kappa shape index (κ2) is 9.73. The monoisotopic (exact) mass is 340 g/mol. The van der Waals surface area contributed by atoms with E-state index in [1.54, 1.807) is 24.0 Å². The van der Waals surface area contributed by atoms with Crippen LogP contribution in [0.3, 0.4) is 0 Å². The number of hydrogen-bond donors (Lipinski definition) is 0. The SMILES string of the molecule is CCCN(CCC(=O)OCC)C(=O)/C=C/c1ccc([N+](=O)[O-])s1. The maximum absolute atomic E-state index is 12.2. The summed E-state index contributed by atoms with van der Waals surface area (Å²) in [5.74, 6) is -0.563. The lowest BCUT2D eigenvalue weighted by Gasteiger charge is -2.19. The number of nitrogens with zero attached hydrogens (tertiary/aromatic N) is 2. The van der Waals surface area contributed by atoms with Crippen molar-refractivity contribution in [3.8, 4) is 0 Å². The predicted molar refractivity (Wildman–Crippen MR) is 88.1 cm³/mol. The van der Waals surface area contributed by atoms with Gasteiger partial charge < -0.3 is 9.64 Å². The van der Waals surface area contributed by atoms with Crippen LogP contribution in [0.5, 0.6) is 0 Å². The summed E-state index contributed by atoms with van der Waals surface area (Å²) < 4.78 is 4.85. The third-order valence-corrected chi connectivity index (χ3v) is 3.88. The number of thiophene rings is 1. The standard InChI is InChI=1S/C15H20N2O5S/c1-3-10-16(11-9-15(19)22-4-2)13(18)7-5-12-6-8-14(23-12)17(20)21/h5-8H,3-4,9-11H2,1-2H3/b7-5+. The molecular formula is C15H20N2O5S. The minimum atomic E-state index is -0.466. The summed E-state index contributed by atoms with van der Waals surface area (Å²) in [7, 11) is 0. The smallest absolute Gasteiger partial charge is 0.324 e. The van der Waals surface area contributed by atoms with E-state index < -0.39 is 4.92 Å². The van der Waals surface area contributed by atoms with Gasteiger partial charge in [0.2, 0.25) is 5.91 Å². The zero-order valence-electron chi connectivity index (χ0n) is 13.2. The molecule has 0 bridgehead atoms. The van der Waals surface area contributed by atoms with Crippen LogP contribution >= 0.6 is 11.3 Å². The Balaban J connectivity index is 2.63. The molecule has 0 spiro atoms. The van der Waals surface area contributed by atoms with Gasteiger partial charge in [-0.1, -0.05) is 18.3 Å². The molecule has 1 aromatic rings. The molecule has 0 fully saturated rings. The molecular weight excluding hydrogens is 320 g/mol. The molecule has 0 unspecified atom stereocenters. The third kappa shape index (κ3) is 6.60. The van der Waals surface area contributed by atoms with E-state index in [-0.39, 0.29) is 23.3 Å². The molecule has 0 radical (unpaired) electrons. The normalized spacial score (nSPS) is 10.7. The highest BCUT2D eigenvalue weighted by molar-refractivity contribution is 7.16. The summed E-state index contributed by atoms with van der Waals surface area (Å²) >= 11 is 1.00. The number of rotatable bonds is 9.